The number of rotatable bonds is 3. The van der Waals surface area contributed by atoms with Crippen molar-refractivity contribution in [2.45, 2.75) is 6.92 Å². The van der Waals surface area contributed by atoms with Gasteiger partial charge < -0.3 is 19.5 Å². The van der Waals surface area contributed by atoms with Gasteiger partial charge in [0.1, 0.15) is 5.75 Å². The second-order valence-corrected chi connectivity index (χ2v) is 4.86. The van der Waals surface area contributed by atoms with Gasteiger partial charge in [0.05, 0.1) is 5.69 Å². The lowest BCUT2D eigenvalue weighted by molar-refractivity contribution is -0.107. The van der Waals surface area contributed by atoms with Crippen molar-refractivity contribution >= 4 is 12.1 Å². The van der Waals surface area contributed by atoms with Crippen LogP contribution in [0.15, 0.2) is 30.3 Å². The van der Waals surface area contributed by atoms with Crippen LogP contribution in [0.1, 0.15) is 5.56 Å². The summed E-state index contributed by atoms with van der Waals surface area (Å²) in [6, 6.07) is 8.94. The minimum Gasteiger partial charge on any atom is -0.507 e. The third kappa shape index (κ3) is 2.07. The van der Waals surface area contributed by atoms with E-state index in [1.165, 1.54) is 4.90 Å². The zero-order chi connectivity index (χ0) is 15.0. The predicted molar refractivity (Wildman–Crippen MR) is 78.9 cm³/mol. The average molecular weight is 285 g/mol. The molecule has 1 aliphatic rings. The number of amides is 1. The molecule has 1 heterocycles. The Bertz CT molecular complexity index is 712. The minimum absolute atomic E-state index is 0.100. The topological polar surface area (TPSA) is 59.0 Å². The first-order chi connectivity index (χ1) is 10.1. The maximum atomic E-state index is 11.1. The van der Waals surface area contributed by atoms with Gasteiger partial charge in [-0.2, -0.15) is 0 Å². The molecule has 21 heavy (non-hydrogen) atoms. The Kier molecular flexibility index (Phi) is 3.17. The number of phenols is 1. The number of carbonyl (C=O) groups excluding carboxylic acids is 1. The molecule has 1 amide bonds. The van der Waals surface area contributed by atoms with Crippen LogP contribution in [0.2, 0.25) is 0 Å². The van der Waals surface area contributed by atoms with Crippen LogP contribution in [0.3, 0.4) is 0 Å². The molecule has 1 aliphatic heterocycles. The van der Waals surface area contributed by atoms with E-state index < -0.39 is 0 Å². The molecule has 0 unspecified atom stereocenters. The van der Waals surface area contributed by atoms with E-state index in [0.29, 0.717) is 22.7 Å². The second-order valence-electron chi connectivity index (χ2n) is 4.86. The Morgan fingerprint density at radius 1 is 1.29 bits per heavy atom. The normalized spacial score (nSPS) is 12.3. The first-order valence-corrected chi connectivity index (χ1v) is 6.53. The molecule has 0 aliphatic carbocycles. The number of aromatic hydroxyl groups is 1. The predicted octanol–water partition coefficient (Wildman–Crippen LogP) is 2.69. The van der Waals surface area contributed by atoms with Crippen LogP contribution in [0.4, 0.5) is 5.69 Å². The summed E-state index contributed by atoms with van der Waals surface area (Å²) >= 11 is 0. The Balaban J connectivity index is 2.25. The first-order valence-electron chi connectivity index (χ1n) is 6.53. The zero-order valence-corrected chi connectivity index (χ0v) is 11.8. The maximum absolute atomic E-state index is 11.1. The van der Waals surface area contributed by atoms with Gasteiger partial charge in [-0.3, -0.25) is 4.79 Å². The van der Waals surface area contributed by atoms with E-state index in [-0.39, 0.29) is 12.5 Å². The molecule has 108 valence electrons. The Morgan fingerprint density at radius 3 is 2.81 bits per heavy atom. The first kappa shape index (κ1) is 13.3. The largest absolute Gasteiger partial charge is 0.507 e. The molecular weight excluding hydrogens is 270 g/mol. The molecule has 0 radical (unpaired) electrons. The molecule has 2 aromatic rings. The number of hydrogen-bond acceptors (Lipinski definition) is 4. The summed E-state index contributed by atoms with van der Waals surface area (Å²) in [6.45, 7) is 2.01. The van der Waals surface area contributed by atoms with Crippen molar-refractivity contribution in [1.29, 1.82) is 0 Å². The number of carbonyl (C=O) groups is 1. The van der Waals surface area contributed by atoms with Crippen LogP contribution < -0.4 is 14.4 Å². The molecular formula is C16H15NO4. The summed E-state index contributed by atoms with van der Waals surface area (Å²) in [6.07, 6.45) is 0.734. The fourth-order valence-electron chi connectivity index (χ4n) is 2.58. The Hall–Kier alpha value is -2.69. The van der Waals surface area contributed by atoms with Crippen molar-refractivity contribution in [2.75, 3.05) is 18.7 Å². The summed E-state index contributed by atoms with van der Waals surface area (Å²) in [5, 5.41) is 10.3. The van der Waals surface area contributed by atoms with Crippen molar-refractivity contribution in [3.05, 3.63) is 35.9 Å². The summed E-state index contributed by atoms with van der Waals surface area (Å²) in [5.41, 5.74) is 2.91. The number of nitrogens with zero attached hydrogens (tertiary/aromatic N) is 1. The Morgan fingerprint density at radius 2 is 2.05 bits per heavy atom. The van der Waals surface area contributed by atoms with Crippen LogP contribution in [-0.2, 0) is 4.79 Å². The van der Waals surface area contributed by atoms with E-state index in [2.05, 4.69) is 0 Å². The van der Waals surface area contributed by atoms with Gasteiger partial charge in [0.15, 0.2) is 11.5 Å². The van der Waals surface area contributed by atoms with E-state index in [4.69, 9.17) is 9.47 Å². The highest BCUT2D eigenvalue weighted by molar-refractivity contribution is 5.91. The lowest BCUT2D eigenvalue weighted by Crippen LogP contribution is -2.14. The molecule has 0 saturated carbocycles. The monoisotopic (exact) mass is 285 g/mol. The van der Waals surface area contributed by atoms with Crippen molar-refractivity contribution in [1.82, 2.24) is 0 Å². The number of ether oxygens (including phenoxy) is 2. The summed E-state index contributed by atoms with van der Waals surface area (Å²) in [4.78, 5) is 12.5. The third-order valence-electron chi connectivity index (χ3n) is 3.59. The van der Waals surface area contributed by atoms with E-state index >= 15 is 0 Å². The number of benzene rings is 2. The highest BCUT2D eigenvalue weighted by Crippen LogP contribution is 2.47. The zero-order valence-electron chi connectivity index (χ0n) is 11.8. The van der Waals surface area contributed by atoms with Gasteiger partial charge in [-0.15, -0.1) is 0 Å². The maximum Gasteiger partial charge on any atom is 0.231 e. The quantitative estimate of drug-likeness (QED) is 0.881. The Labute approximate surface area is 122 Å². The average Bonchev–Trinajstić information content (AvgIpc) is 2.95. The van der Waals surface area contributed by atoms with E-state index in [1.807, 2.05) is 31.2 Å². The molecule has 0 aromatic heterocycles. The van der Waals surface area contributed by atoms with Gasteiger partial charge >= 0.3 is 0 Å². The molecule has 0 atom stereocenters. The van der Waals surface area contributed by atoms with Crippen molar-refractivity contribution in [3.8, 4) is 28.4 Å². The summed E-state index contributed by atoms with van der Waals surface area (Å²) in [5.74, 6) is 1.27. The lowest BCUT2D eigenvalue weighted by atomic mass is 9.96. The SMILES string of the molecule is Cc1c2c(cc(O)c1-c1ccccc1N(C)C=O)OCO2. The van der Waals surface area contributed by atoms with Crippen molar-refractivity contribution in [2.24, 2.45) is 0 Å². The van der Waals surface area contributed by atoms with Gasteiger partial charge in [0.25, 0.3) is 0 Å². The highest BCUT2D eigenvalue weighted by Gasteiger charge is 2.24. The standard InChI is InChI=1S/C16H15NO4/c1-10-15(13(19)7-14-16(10)21-9-20-14)11-5-3-4-6-12(11)17(2)8-18/h3-8,19H,9H2,1-2H3. The highest BCUT2D eigenvalue weighted by atomic mass is 16.7. The lowest BCUT2D eigenvalue weighted by Gasteiger charge is -2.18. The van der Waals surface area contributed by atoms with E-state index in [0.717, 1.165) is 17.5 Å². The number of hydrogen-bond donors (Lipinski definition) is 1. The smallest absolute Gasteiger partial charge is 0.231 e. The molecule has 5 heteroatoms. The fraction of sp³-hybridized carbons (Fsp3) is 0.188. The summed E-state index contributed by atoms with van der Waals surface area (Å²) in [7, 11) is 1.67. The number of phenolic OH excluding ortho intramolecular Hbond substituents is 1. The van der Waals surface area contributed by atoms with Crippen molar-refractivity contribution in [3.63, 3.8) is 0 Å². The number of fused-ring (bicyclic) bond motifs is 1. The third-order valence-corrected chi connectivity index (χ3v) is 3.59. The number of anilines is 1. The molecule has 0 saturated heterocycles. The molecule has 0 fully saturated rings. The van der Waals surface area contributed by atoms with E-state index in [1.54, 1.807) is 13.1 Å². The summed E-state index contributed by atoms with van der Waals surface area (Å²) < 4.78 is 10.8. The van der Waals surface area contributed by atoms with Crippen LogP contribution in [0.5, 0.6) is 17.2 Å². The van der Waals surface area contributed by atoms with Gasteiger partial charge in [0.2, 0.25) is 13.2 Å². The van der Waals surface area contributed by atoms with Gasteiger partial charge in [-0.1, -0.05) is 18.2 Å². The molecule has 0 spiro atoms. The molecule has 5 nitrogen and oxygen atoms in total. The fourth-order valence-corrected chi connectivity index (χ4v) is 2.58. The second kappa shape index (κ2) is 5.01. The van der Waals surface area contributed by atoms with E-state index in [9.17, 15) is 9.90 Å². The molecule has 3 rings (SSSR count). The van der Waals surface area contributed by atoms with Gasteiger partial charge in [-0.05, 0) is 13.0 Å². The molecule has 2 aromatic carbocycles. The minimum atomic E-state index is 0.100. The number of para-hydroxylation sites is 1. The van der Waals surface area contributed by atoms with Crippen molar-refractivity contribution < 1.29 is 19.4 Å². The van der Waals surface area contributed by atoms with Crippen LogP contribution in [-0.4, -0.2) is 25.4 Å². The van der Waals surface area contributed by atoms with Crippen LogP contribution in [0.25, 0.3) is 11.1 Å². The molecule has 1 N–H and O–H groups in total. The van der Waals surface area contributed by atoms with Crippen LogP contribution in [0, 0.1) is 6.92 Å². The van der Waals surface area contributed by atoms with Crippen LogP contribution >= 0.6 is 0 Å². The van der Waals surface area contributed by atoms with Gasteiger partial charge in [0, 0.05) is 29.8 Å². The molecule has 0 bridgehead atoms. The van der Waals surface area contributed by atoms with Gasteiger partial charge in [-0.25, -0.2) is 0 Å².